The highest BCUT2D eigenvalue weighted by atomic mass is 19.4. The first kappa shape index (κ1) is 13.2. The van der Waals surface area contributed by atoms with Crippen molar-refractivity contribution in [1.82, 2.24) is 10.6 Å². The molecule has 100 valence electrons. The Morgan fingerprint density at radius 2 is 2.06 bits per heavy atom. The molecule has 0 saturated carbocycles. The first-order valence-corrected chi connectivity index (χ1v) is 5.71. The molecule has 0 aromatic heterocycles. The summed E-state index contributed by atoms with van der Waals surface area (Å²) in [7, 11) is 1.38. The second-order valence-corrected chi connectivity index (χ2v) is 4.17. The van der Waals surface area contributed by atoms with E-state index in [2.05, 4.69) is 10.6 Å². The molecule has 0 unspecified atom stereocenters. The summed E-state index contributed by atoms with van der Waals surface area (Å²) in [6.45, 7) is 2.33. The number of hydrogen-bond acceptors (Lipinski definition) is 3. The van der Waals surface area contributed by atoms with Gasteiger partial charge >= 0.3 is 6.18 Å². The smallest absolute Gasteiger partial charge is 0.416 e. The molecule has 0 aliphatic carbocycles. The van der Waals surface area contributed by atoms with Gasteiger partial charge in [-0.3, -0.25) is 0 Å². The van der Waals surface area contributed by atoms with E-state index in [-0.39, 0.29) is 11.8 Å². The molecule has 0 amide bonds. The molecule has 3 nitrogen and oxygen atoms in total. The van der Waals surface area contributed by atoms with Crippen LogP contribution in [0.15, 0.2) is 18.2 Å². The molecular weight excluding hydrogens is 245 g/mol. The average molecular weight is 260 g/mol. The van der Waals surface area contributed by atoms with Gasteiger partial charge in [-0.05, 0) is 12.1 Å². The third-order valence-corrected chi connectivity index (χ3v) is 2.98. The van der Waals surface area contributed by atoms with Gasteiger partial charge in [-0.25, -0.2) is 0 Å². The molecule has 6 heteroatoms. The lowest BCUT2D eigenvalue weighted by Gasteiger charge is -2.26. The fraction of sp³-hybridized carbons (Fsp3) is 0.500. The van der Waals surface area contributed by atoms with Crippen LogP contribution in [0.4, 0.5) is 13.2 Å². The second kappa shape index (κ2) is 5.16. The topological polar surface area (TPSA) is 33.3 Å². The van der Waals surface area contributed by atoms with Crippen LogP contribution in [-0.4, -0.2) is 26.7 Å². The van der Waals surface area contributed by atoms with Gasteiger partial charge in [0.25, 0.3) is 0 Å². The number of halogens is 3. The van der Waals surface area contributed by atoms with Crippen molar-refractivity contribution < 1.29 is 17.9 Å². The lowest BCUT2D eigenvalue weighted by molar-refractivity contribution is -0.137. The molecule has 1 aromatic rings. The number of nitrogens with one attached hydrogen (secondary N) is 2. The Labute approximate surface area is 103 Å². The van der Waals surface area contributed by atoms with E-state index in [1.807, 2.05) is 0 Å². The van der Waals surface area contributed by atoms with E-state index in [9.17, 15) is 13.2 Å². The number of hydrogen-bond donors (Lipinski definition) is 2. The van der Waals surface area contributed by atoms with Gasteiger partial charge in [-0.1, -0.05) is 6.07 Å². The molecule has 2 rings (SSSR count). The molecule has 1 fully saturated rings. The number of rotatable bonds is 2. The first-order chi connectivity index (χ1) is 8.52. The summed E-state index contributed by atoms with van der Waals surface area (Å²) in [5.41, 5.74) is 0.0598. The van der Waals surface area contributed by atoms with E-state index in [1.54, 1.807) is 0 Å². The van der Waals surface area contributed by atoms with Gasteiger partial charge in [0.15, 0.2) is 0 Å². The minimum atomic E-state index is -4.34. The van der Waals surface area contributed by atoms with E-state index < -0.39 is 11.7 Å². The molecule has 1 aliphatic heterocycles. The van der Waals surface area contributed by atoms with Crippen molar-refractivity contribution in [3.63, 3.8) is 0 Å². The largest absolute Gasteiger partial charge is 0.496 e. The molecule has 2 N–H and O–H groups in total. The van der Waals surface area contributed by atoms with E-state index in [1.165, 1.54) is 13.2 Å². The van der Waals surface area contributed by atoms with Crippen LogP contribution in [0, 0.1) is 0 Å². The molecule has 1 aliphatic rings. The van der Waals surface area contributed by atoms with E-state index in [4.69, 9.17) is 4.74 Å². The van der Waals surface area contributed by atoms with Crippen molar-refractivity contribution in [2.75, 3.05) is 26.7 Å². The number of benzene rings is 1. The normalized spacial score (nSPS) is 20.8. The standard InChI is InChI=1S/C12H15F3N2O/c1-18-11-6-8(12(13,14)15)2-3-9(11)10-7-16-4-5-17-10/h2-3,6,10,16-17H,4-5,7H2,1H3/t10-/m0/s1. The van der Waals surface area contributed by atoms with Gasteiger partial charge in [0, 0.05) is 31.2 Å². The summed E-state index contributed by atoms with van der Waals surface area (Å²) in [5.74, 6) is 0.269. The highest BCUT2D eigenvalue weighted by Crippen LogP contribution is 2.35. The van der Waals surface area contributed by atoms with Gasteiger partial charge in [0.05, 0.1) is 12.7 Å². The van der Waals surface area contributed by atoms with Crippen LogP contribution in [0.5, 0.6) is 5.75 Å². The predicted octanol–water partition coefficient (Wildman–Crippen LogP) is 1.95. The van der Waals surface area contributed by atoms with Crippen LogP contribution in [0.1, 0.15) is 17.2 Å². The van der Waals surface area contributed by atoms with E-state index in [0.717, 1.165) is 30.8 Å². The molecule has 18 heavy (non-hydrogen) atoms. The number of ether oxygens (including phenoxy) is 1. The summed E-state index contributed by atoms with van der Waals surface area (Å²) < 4.78 is 42.9. The van der Waals surface area contributed by atoms with Crippen molar-refractivity contribution in [1.29, 1.82) is 0 Å². The molecule has 0 spiro atoms. The van der Waals surface area contributed by atoms with Crippen LogP contribution in [0.25, 0.3) is 0 Å². The monoisotopic (exact) mass is 260 g/mol. The zero-order valence-electron chi connectivity index (χ0n) is 9.97. The molecule has 0 radical (unpaired) electrons. The minimum absolute atomic E-state index is 0.0176. The zero-order chi connectivity index (χ0) is 13.2. The fourth-order valence-corrected chi connectivity index (χ4v) is 2.05. The Hall–Kier alpha value is -1.27. The second-order valence-electron chi connectivity index (χ2n) is 4.17. The Balaban J connectivity index is 2.30. The highest BCUT2D eigenvalue weighted by Gasteiger charge is 2.32. The zero-order valence-corrected chi connectivity index (χ0v) is 9.97. The lowest BCUT2D eigenvalue weighted by Crippen LogP contribution is -2.42. The summed E-state index contributed by atoms with van der Waals surface area (Å²) in [4.78, 5) is 0. The van der Waals surface area contributed by atoms with Crippen molar-refractivity contribution in [3.05, 3.63) is 29.3 Å². The van der Waals surface area contributed by atoms with Crippen LogP contribution >= 0.6 is 0 Å². The Bertz CT molecular complexity index is 414. The van der Waals surface area contributed by atoms with Crippen molar-refractivity contribution in [2.45, 2.75) is 12.2 Å². The van der Waals surface area contributed by atoms with Crippen molar-refractivity contribution in [2.24, 2.45) is 0 Å². The number of piperazine rings is 1. The van der Waals surface area contributed by atoms with Gasteiger partial charge in [0.2, 0.25) is 0 Å². The maximum absolute atomic E-state index is 12.6. The van der Waals surface area contributed by atoms with Crippen LogP contribution in [-0.2, 0) is 6.18 Å². The molecule has 1 heterocycles. The van der Waals surface area contributed by atoms with Crippen molar-refractivity contribution >= 4 is 0 Å². The van der Waals surface area contributed by atoms with Crippen LogP contribution < -0.4 is 15.4 Å². The molecule has 1 atom stereocenters. The van der Waals surface area contributed by atoms with Crippen LogP contribution in [0.3, 0.4) is 0 Å². The lowest BCUT2D eigenvalue weighted by atomic mass is 10.0. The summed E-state index contributed by atoms with van der Waals surface area (Å²) in [6, 6.07) is 3.60. The third-order valence-electron chi connectivity index (χ3n) is 2.98. The van der Waals surface area contributed by atoms with Gasteiger partial charge in [-0.15, -0.1) is 0 Å². The fourth-order valence-electron chi connectivity index (χ4n) is 2.05. The Morgan fingerprint density at radius 1 is 1.28 bits per heavy atom. The highest BCUT2D eigenvalue weighted by molar-refractivity contribution is 5.41. The Kier molecular flexibility index (Phi) is 3.77. The maximum Gasteiger partial charge on any atom is 0.416 e. The maximum atomic E-state index is 12.6. The first-order valence-electron chi connectivity index (χ1n) is 5.71. The minimum Gasteiger partial charge on any atom is -0.496 e. The number of methoxy groups -OCH3 is 1. The third kappa shape index (κ3) is 2.76. The molecule has 1 aromatic carbocycles. The summed E-state index contributed by atoms with van der Waals surface area (Å²) in [5, 5.41) is 6.43. The van der Waals surface area contributed by atoms with Gasteiger partial charge in [-0.2, -0.15) is 13.2 Å². The quantitative estimate of drug-likeness (QED) is 0.852. The van der Waals surface area contributed by atoms with E-state index in [0.29, 0.717) is 6.54 Å². The predicted molar refractivity (Wildman–Crippen MR) is 61.6 cm³/mol. The molecule has 1 saturated heterocycles. The average Bonchev–Trinajstić information content (AvgIpc) is 2.38. The Morgan fingerprint density at radius 3 is 2.61 bits per heavy atom. The van der Waals surface area contributed by atoms with Crippen LogP contribution in [0.2, 0.25) is 0 Å². The molecule has 0 bridgehead atoms. The summed E-state index contributed by atoms with van der Waals surface area (Å²) >= 11 is 0. The van der Waals surface area contributed by atoms with Gasteiger partial charge in [0.1, 0.15) is 5.75 Å². The SMILES string of the molecule is COc1cc(C(F)(F)F)ccc1[C@@H]1CNCCN1. The molecular formula is C12H15F3N2O. The van der Waals surface area contributed by atoms with Gasteiger partial charge < -0.3 is 15.4 Å². The van der Waals surface area contributed by atoms with E-state index >= 15 is 0 Å². The van der Waals surface area contributed by atoms with Crippen molar-refractivity contribution in [3.8, 4) is 5.75 Å². The summed E-state index contributed by atoms with van der Waals surface area (Å²) in [6.07, 6.45) is -4.34. The number of alkyl halides is 3.